The van der Waals surface area contributed by atoms with Gasteiger partial charge in [0.25, 0.3) is 11.8 Å². The number of hydrogen-bond acceptors (Lipinski definition) is 14. The van der Waals surface area contributed by atoms with Crippen LogP contribution in [0, 0.1) is 0 Å². The molecule has 3 fully saturated rings. The van der Waals surface area contributed by atoms with Crippen molar-refractivity contribution in [2.75, 3.05) is 59.2 Å². The number of carbonyl (C=O) groups excluding carboxylic acids is 5. The normalized spacial score (nSPS) is 24.4. The first kappa shape index (κ1) is 41.3. The van der Waals surface area contributed by atoms with Crippen LogP contribution in [0.15, 0.2) is 24.5 Å². The molecule has 1 unspecified atom stereocenters. The Hall–Kier alpha value is -4.39. The van der Waals surface area contributed by atoms with Crippen molar-refractivity contribution < 1.29 is 43.3 Å². The number of nitrogens with two attached hydrogens (primary N) is 1. The van der Waals surface area contributed by atoms with Gasteiger partial charge >= 0.3 is 0 Å². The van der Waals surface area contributed by atoms with E-state index < -0.39 is 41.7 Å². The molecule has 5 aliphatic rings. The lowest BCUT2D eigenvalue weighted by Crippen LogP contribution is -2.54. The van der Waals surface area contributed by atoms with Crippen LogP contribution in [0.25, 0.3) is 10.2 Å². The standard InChI is InChI=1S/C42H53N7O9S/c43-37(52)31(50)23-26-6-12-32-35(26)36-39(44-24-45-40(36)59-32)58-28-9-7-27(8-10-28)48-16-14-47(15-17-48)18-20-57-22-21-56-19-2-4-25-3-1-5-29-34(25)42(55)49(41(29)54)30-11-13-33(51)46-38(30)53/h1,3,5,24,26-28,30-31,50H,2,4,6-23H2,(H2,43,52)(H,46,51,53)/t26-,27?,28?,30?,31+/m1/s1. The number of imide groups is 2. The van der Waals surface area contributed by atoms with Crippen molar-refractivity contribution in [2.45, 2.75) is 101 Å². The first-order valence-electron chi connectivity index (χ1n) is 21.0. The summed E-state index contributed by atoms with van der Waals surface area (Å²) in [5.74, 6) is -2.04. The van der Waals surface area contributed by atoms with Gasteiger partial charge in [0.15, 0.2) is 0 Å². The van der Waals surface area contributed by atoms with Gasteiger partial charge in [0.05, 0.1) is 36.3 Å². The molecule has 16 nitrogen and oxygen atoms in total. The maximum absolute atomic E-state index is 13.3. The molecule has 1 saturated carbocycles. The number of rotatable bonds is 17. The van der Waals surface area contributed by atoms with E-state index in [1.165, 1.54) is 4.88 Å². The van der Waals surface area contributed by atoms with Crippen molar-refractivity contribution >= 4 is 51.1 Å². The average Bonchev–Trinajstić information content (AvgIpc) is 3.88. The number of amides is 5. The van der Waals surface area contributed by atoms with E-state index in [2.05, 4.69) is 25.1 Å². The Labute approximate surface area is 346 Å². The molecular weight excluding hydrogens is 779 g/mol. The topological polar surface area (TPSA) is 207 Å². The van der Waals surface area contributed by atoms with Gasteiger partial charge in [-0.1, -0.05) is 12.1 Å². The van der Waals surface area contributed by atoms with E-state index in [9.17, 15) is 29.1 Å². The first-order chi connectivity index (χ1) is 28.7. The summed E-state index contributed by atoms with van der Waals surface area (Å²) in [7, 11) is 0. The van der Waals surface area contributed by atoms with Crippen LogP contribution < -0.4 is 15.8 Å². The predicted molar refractivity (Wildman–Crippen MR) is 216 cm³/mol. The van der Waals surface area contributed by atoms with E-state index in [1.54, 1.807) is 29.8 Å². The van der Waals surface area contributed by atoms with Crippen molar-refractivity contribution in [3.05, 3.63) is 51.7 Å². The van der Waals surface area contributed by atoms with Gasteiger partial charge in [-0.3, -0.25) is 44.0 Å². The largest absolute Gasteiger partial charge is 0.474 e. The van der Waals surface area contributed by atoms with Crippen LogP contribution >= 0.6 is 11.3 Å². The molecule has 0 spiro atoms. The van der Waals surface area contributed by atoms with E-state index >= 15 is 0 Å². The third-order valence-corrected chi connectivity index (χ3v) is 13.8. The number of nitrogens with zero attached hydrogens (tertiary/aromatic N) is 5. The number of ether oxygens (including phenoxy) is 3. The van der Waals surface area contributed by atoms with Crippen molar-refractivity contribution in [1.29, 1.82) is 0 Å². The molecule has 4 N–H and O–H groups in total. The van der Waals surface area contributed by atoms with Gasteiger partial charge in [0, 0.05) is 56.7 Å². The number of thiophene rings is 1. The zero-order valence-electron chi connectivity index (χ0n) is 33.3. The minimum Gasteiger partial charge on any atom is -0.474 e. The van der Waals surface area contributed by atoms with Crippen LogP contribution in [0.3, 0.4) is 0 Å². The van der Waals surface area contributed by atoms with Crippen molar-refractivity contribution in [1.82, 2.24) is 30.0 Å². The lowest BCUT2D eigenvalue weighted by molar-refractivity contribution is -0.136. The van der Waals surface area contributed by atoms with Gasteiger partial charge in [0.2, 0.25) is 23.6 Å². The Morgan fingerprint density at radius 3 is 2.47 bits per heavy atom. The molecule has 5 amide bonds. The molecule has 3 aliphatic heterocycles. The SMILES string of the molecule is NC(=O)[C@@H](O)C[C@H]1CCc2sc3ncnc(OC4CCC(N5CCN(CCOCCOCCCc6cccc7c6C(=O)N(C6CCC(=O)NC6=O)C7=O)CC5)CC4)c3c21. The summed E-state index contributed by atoms with van der Waals surface area (Å²) in [6, 6.07) is 4.75. The number of primary amides is 1. The number of aryl methyl sites for hydroxylation is 2. The molecule has 3 atom stereocenters. The average molecular weight is 832 g/mol. The molecule has 3 aromatic rings. The predicted octanol–water partition coefficient (Wildman–Crippen LogP) is 2.33. The Kier molecular flexibility index (Phi) is 13.0. The second-order valence-electron chi connectivity index (χ2n) is 16.2. The highest BCUT2D eigenvalue weighted by Gasteiger charge is 2.45. The fourth-order valence-electron chi connectivity index (χ4n) is 9.46. The second-order valence-corrected chi connectivity index (χ2v) is 17.3. The highest BCUT2D eigenvalue weighted by molar-refractivity contribution is 7.19. The van der Waals surface area contributed by atoms with Gasteiger partial charge in [0.1, 0.15) is 29.4 Å². The zero-order valence-corrected chi connectivity index (χ0v) is 34.1. The van der Waals surface area contributed by atoms with Crippen molar-refractivity contribution in [3.63, 3.8) is 0 Å². The van der Waals surface area contributed by atoms with Gasteiger partial charge in [-0.05, 0) is 87.3 Å². The van der Waals surface area contributed by atoms with Gasteiger partial charge in [-0.15, -0.1) is 11.3 Å². The molecule has 2 aliphatic carbocycles. The van der Waals surface area contributed by atoms with Gasteiger partial charge in [-0.2, -0.15) is 0 Å². The van der Waals surface area contributed by atoms with E-state index in [4.69, 9.17) is 19.9 Å². The molecule has 5 heterocycles. The van der Waals surface area contributed by atoms with Gasteiger partial charge < -0.3 is 25.1 Å². The second kappa shape index (κ2) is 18.5. The lowest BCUT2D eigenvalue weighted by Gasteiger charge is -2.41. The lowest BCUT2D eigenvalue weighted by atomic mass is 9.91. The molecule has 1 aromatic carbocycles. The molecule has 2 aromatic heterocycles. The summed E-state index contributed by atoms with van der Waals surface area (Å²) in [4.78, 5) is 79.2. The van der Waals surface area contributed by atoms with E-state index in [1.807, 2.05) is 6.07 Å². The monoisotopic (exact) mass is 831 g/mol. The molecule has 8 rings (SSSR count). The molecule has 0 radical (unpaired) electrons. The third-order valence-electron chi connectivity index (χ3n) is 12.6. The number of hydrogen-bond donors (Lipinski definition) is 3. The van der Waals surface area contributed by atoms with E-state index in [0.29, 0.717) is 68.7 Å². The summed E-state index contributed by atoms with van der Waals surface area (Å²) in [5, 5.41) is 13.4. The summed E-state index contributed by atoms with van der Waals surface area (Å²) >= 11 is 1.65. The molecule has 316 valence electrons. The summed E-state index contributed by atoms with van der Waals surface area (Å²) < 4.78 is 18.3. The number of fused-ring (bicyclic) bond motifs is 4. The van der Waals surface area contributed by atoms with Crippen molar-refractivity contribution in [2.24, 2.45) is 5.73 Å². The number of aliphatic hydroxyl groups excluding tert-OH is 1. The Morgan fingerprint density at radius 1 is 0.932 bits per heavy atom. The molecular formula is C42H53N7O9S. The number of nitrogens with one attached hydrogen (secondary N) is 1. The number of benzene rings is 1. The maximum Gasteiger partial charge on any atom is 0.262 e. The Bertz CT molecular complexity index is 2060. The number of carbonyl (C=O) groups is 5. The maximum atomic E-state index is 13.3. The fourth-order valence-corrected chi connectivity index (χ4v) is 10.7. The highest BCUT2D eigenvalue weighted by Crippen LogP contribution is 2.48. The Morgan fingerprint density at radius 2 is 1.71 bits per heavy atom. The summed E-state index contributed by atoms with van der Waals surface area (Å²) in [6.07, 6.45) is 8.04. The van der Waals surface area contributed by atoms with Crippen LogP contribution in [0.5, 0.6) is 5.88 Å². The molecule has 0 bridgehead atoms. The summed E-state index contributed by atoms with van der Waals surface area (Å²) in [5.41, 5.74) is 7.86. The smallest absolute Gasteiger partial charge is 0.262 e. The van der Waals surface area contributed by atoms with E-state index in [-0.39, 0.29) is 24.9 Å². The fraction of sp³-hybridized carbons (Fsp3) is 0.595. The third kappa shape index (κ3) is 9.05. The molecule has 59 heavy (non-hydrogen) atoms. The molecule has 2 saturated heterocycles. The minimum atomic E-state index is -1.17. The van der Waals surface area contributed by atoms with Crippen molar-refractivity contribution in [3.8, 4) is 5.88 Å². The van der Waals surface area contributed by atoms with E-state index in [0.717, 1.165) is 97.5 Å². The van der Waals surface area contributed by atoms with Crippen LogP contribution in [-0.2, 0) is 36.7 Å². The number of aliphatic hydroxyl groups is 1. The Balaban J connectivity index is 0.697. The number of aromatic nitrogens is 2. The number of piperazine rings is 1. The number of piperidine rings is 1. The van der Waals surface area contributed by atoms with Crippen LogP contribution in [0.4, 0.5) is 0 Å². The first-order valence-corrected chi connectivity index (χ1v) is 21.8. The summed E-state index contributed by atoms with van der Waals surface area (Å²) in [6.45, 7) is 7.03. The molecule has 17 heteroatoms. The zero-order chi connectivity index (χ0) is 41.0. The van der Waals surface area contributed by atoms with Crippen LogP contribution in [0.2, 0.25) is 0 Å². The minimum absolute atomic E-state index is 0.0325. The highest BCUT2D eigenvalue weighted by atomic mass is 32.1. The van der Waals surface area contributed by atoms with Crippen LogP contribution in [0.1, 0.15) is 100 Å². The van der Waals surface area contributed by atoms with Gasteiger partial charge in [-0.25, -0.2) is 9.97 Å². The quantitative estimate of drug-likeness (QED) is 0.132. The van der Waals surface area contributed by atoms with Crippen LogP contribution in [-0.4, -0.2) is 143 Å².